The van der Waals surface area contributed by atoms with Crippen LogP contribution >= 0.6 is 0 Å². The summed E-state index contributed by atoms with van der Waals surface area (Å²) < 4.78 is 13.3. The molecule has 4 nitrogen and oxygen atoms in total. The Labute approximate surface area is 155 Å². The first kappa shape index (κ1) is 18.9. The Morgan fingerprint density at radius 2 is 2.04 bits per heavy atom. The highest BCUT2D eigenvalue weighted by molar-refractivity contribution is 5.82. The molecule has 0 unspecified atom stereocenters. The van der Waals surface area contributed by atoms with Gasteiger partial charge in [-0.2, -0.15) is 0 Å². The molecule has 2 amide bonds. The minimum atomic E-state index is -0.283. The van der Waals surface area contributed by atoms with Gasteiger partial charge < -0.3 is 9.80 Å². The van der Waals surface area contributed by atoms with Crippen molar-refractivity contribution in [2.45, 2.75) is 52.5 Å². The number of carbonyl (C=O) groups excluding carboxylic acids is 2. The van der Waals surface area contributed by atoms with E-state index in [-0.39, 0.29) is 30.1 Å². The molecule has 3 rings (SSSR count). The third-order valence-corrected chi connectivity index (χ3v) is 5.64. The van der Waals surface area contributed by atoms with Gasteiger partial charge >= 0.3 is 0 Å². The van der Waals surface area contributed by atoms with Gasteiger partial charge in [0.1, 0.15) is 5.82 Å². The molecule has 26 heavy (non-hydrogen) atoms. The molecule has 1 aromatic carbocycles. The molecule has 1 aromatic rings. The van der Waals surface area contributed by atoms with Crippen molar-refractivity contribution in [2.24, 2.45) is 11.8 Å². The van der Waals surface area contributed by atoms with E-state index < -0.39 is 0 Å². The van der Waals surface area contributed by atoms with Crippen LogP contribution in [0.15, 0.2) is 18.2 Å². The van der Waals surface area contributed by atoms with Gasteiger partial charge in [0.05, 0.1) is 12.5 Å². The van der Waals surface area contributed by atoms with Crippen LogP contribution in [0.5, 0.6) is 0 Å². The molecule has 1 atom stereocenters. The zero-order valence-electron chi connectivity index (χ0n) is 16.0. The highest BCUT2D eigenvalue weighted by atomic mass is 19.1. The van der Waals surface area contributed by atoms with E-state index >= 15 is 0 Å². The second-order valence-electron chi connectivity index (χ2n) is 8.14. The molecule has 0 spiro atoms. The fourth-order valence-corrected chi connectivity index (χ4v) is 3.72. The van der Waals surface area contributed by atoms with E-state index in [1.165, 1.54) is 25.0 Å². The highest BCUT2D eigenvalue weighted by Crippen LogP contribution is 2.32. The summed E-state index contributed by atoms with van der Waals surface area (Å²) in [4.78, 5) is 29.4. The summed E-state index contributed by atoms with van der Waals surface area (Å²) in [6, 6.07) is 4.62. The molecule has 0 N–H and O–H groups in total. The first-order valence-electron chi connectivity index (χ1n) is 9.67. The first-order valence-corrected chi connectivity index (χ1v) is 9.67. The third-order valence-electron chi connectivity index (χ3n) is 5.64. The molecule has 1 heterocycles. The van der Waals surface area contributed by atoms with Crippen molar-refractivity contribution in [3.05, 3.63) is 35.1 Å². The minimum absolute atomic E-state index is 0.0198. The maximum Gasteiger partial charge on any atom is 0.227 e. The van der Waals surface area contributed by atoms with E-state index in [4.69, 9.17) is 0 Å². The Bertz CT molecular complexity index is 685. The van der Waals surface area contributed by atoms with E-state index in [1.54, 1.807) is 6.07 Å². The number of hydrogen-bond donors (Lipinski definition) is 0. The zero-order valence-corrected chi connectivity index (χ0v) is 16.0. The molecular formula is C21H29FN2O2. The molecule has 0 bridgehead atoms. The smallest absolute Gasteiger partial charge is 0.227 e. The van der Waals surface area contributed by atoms with Crippen molar-refractivity contribution in [3.63, 3.8) is 0 Å². The van der Waals surface area contributed by atoms with Gasteiger partial charge in [0.2, 0.25) is 11.8 Å². The third kappa shape index (κ3) is 4.43. The van der Waals surface area contributed by atoms with Crippen LogP contribution in [0.25, 0.3) is 0 Å². The van der Waals surface area contributed by atoms with E-state index in [0.29, 0.717) is 31.3 Å². The first-order chi connectivity index (χ1) is 12.3. The second kappa shape index (κ2) is 7.77. The lowest BCUT2D eigenvalue weighted by Crippen LogP contribution is -2.48. The molecule has 1 aliphatic carbocycles. The van der Waals surface area contributed by atoms with Gasteiger partial charge in [0, 0.05) is 26.1 Å². The van der Waals surface area contributed by atoms with Crippen molar-refractivity contribution in [1.29, 1.82) is 0 Å². The average molecular weight is 360 g/mol. The standard InChI is InChI=1S/C21H29FN2O2/c1-14(2)19-13-23(9-8-20(25)24(19)12-16-4-5-16)21(26)11-17-6-7-18(22)10-15(17)3/h6-7,10,14,16,19H,4-5,8-9,11-13H2,1-3H3/t19-/m1/s1. The number of rotatable bonds is 5. The van der Waals surface area contributed by atoms with Crippen molar-refractivity contribution in [3.8, 4) is 0 Å². The number of halogens is 1. The van der Waals surface area contributed by atoms with Crippen LogP contribution in [-0.4, -0.2) is 47.3 Å². The summed E-state index contributed by atoms with van der Waals surface area (Å²) in [7, 11) is 0. The molecule has 142 valence electrons. The SMILES string of the molecule is Cc1cc(F)ccc1CC(=O)N1CCC(=O)N(CC2CC2)[C@@H](C(C)C)C1. The monoisotopic (exact) mass is 360 g/mol. The van der Waals surface area contributed by atoms with Crippen molar-refractivity contribution in [1.82, 2.24) is 9.80 Å². The number of aryl methyl sites for hydroxylation is 1. The van der Waals surface area contributed by atoms with Gasteiger partial charge in [-0.15, -0.1) is 0 Å². The van der Waals surface area contributed by atoms with Crippen molar-refractivity contribution in [2.75, 3.05) is 19.6 Å². The molecule has 2 fully saturated rings. The normalized spacial score (nSPS) is 21.3. The molecule has 1 aliphatic heterocycles. The lowest BCUT2D eigenvalue weighted by atomic mass is 10.0. The molecule has 0 aromatic heterocycles. The van der Waals surface area contributed by atoms with Crippen molar-refractivity contribution >= 4 is 11.8 Å². The minimum Gasteiger partial charge on any atom is -0.340 e. The quantitative estimate of drug-likeness (QED) is 0.809. The van der Waals surface area contributed by atoms with Crippen LogP contribution in [0.1, 0.15) is 44.2 Å². The Hall–Kier alpha value is -1.91. The Morgan fingerprint density at radius 1 is 1.31 bits per heavy atom. The summed E-state index contributed by atoms with van der Waals surface area (Å²) in [5.74, 6) is 0.855. The van der Waals surface area contributed by atoms with E-state index in [1.807, 2.05) is 16.7 Å². The number of benzene rings is 1. The Kier molecular flexibility index (Phi) is 5.64. The van der Waals surface area contributed by atoms with Gasteiger partial charge in [-0.1, -0.05) is 19.9 Å². The summed E-state index contributed by atoms with van der Waals surface area (Å²) in [5, 5.41) is 0. The Morgan fingerprint density at radius 3 is 2.65 bits per heavy atom. The van der Waals surface area contributed by atoms with Gasteiger partial charge in [-0.25, -0.2) is 4.39 Å². The predicted octanol–water partition coefficient (Wildman–Crippen LogP) is 3.17. The van der Waals surface area contributed by atoms with Crippen LogP contribution in [0.3, 0.4) is 0 Å². The summed E-state index contributed by atoms with van der Waals surface area (Å²) in [6.45, 7) is 7.97. The Balaban J connectivity index is 1.72. The lowest BCUT2D eigenvalue weighted by molar-refractivity contribution is -0.134. The van der Waals surface area contributed by atoms with Crippen LogP contribution < -0.4 is 0 Å². The molecule has 1 saturated carbocycles. The highest BCUT2D eigenvalue weighted by Gasteiger charge is 2.36. The number of hydrogen-bond acceptors (Lipinski definition) is 2. The largest absolute Gasteiger partial charge is 0.340 e. The second-order valence-corrected chi connectivity index (χ2v) is 8.14. The molecule has 0 radical (unpaired) electrons. The van der Waals surface area contributed by atoms with E-state index in [9.17, 15) is 14.0 Å². The molecule has 1 saturated heterocycles. The number of nitrogens with zero attached hydrogens (tertiary/aromatic N) is 2. The fourth-order valence-electron chi connectivity index (χ4n) is 3.72. The predicted molar refractivity (Wildman–Crippen MR) is 99.1 cm³/mol. The average Bonchev–Trinajstić information content (AvgIpc) is 3.40. The van der Waals surface area contributed by atoms with Crippen LogP contribution in [0.4, 0.5) is 4.39 Å². The van der Waals surface area contributed by atoms with Crippen LogP contribution in [-0.2, 0) is 16.0 Å². The zero-order chi connectivity index (χ0) is 18.8. The van der Waals surface area contributed by atoms with E-state index in [2.05, 4.69) is 13.8 Å². The summed E-state index contributed by atoms with van der Waals surface area (Å²) in [5.41, 5.74) is 1.64. The fraction of sp³-hybridized carbons (Fsp3) is 0.619. The maximum absolute atomic E-state index is 13.3. The molecule has 2 aliphatic rings. The maximum atomic E-state index is 13.3. The number of carbonyl (C=O) groups is 2. The summed E-state index contributed by atoms with van der Waals surface area (Å²) >= 11 is 0. The summed E-state index contributed by atoms with van der Waals surface area (Å²) in [6.07, 6.45) is 3.07. The van der Waals surface area contributed by atoms with Crippen LogP contribution in [0, 0.1) is 24.6 Å². The van der Waals surface area contributed by atoms with Gasteiger partial charge in [-0.05, 0) is 54.9 Å². The van der Waals surface area contributed by atoms with Gasteiger partial charge in [0.25, 0.3) is 0 Å². The van der Waals surface area contributed by atoms with Crippen molar-refractivity contribution < 1.29 is 14.0 Å². The van der Waals surface area contributed by atoms with Gasteiger partial charge in [-0.3, -0.25) is 9.59 Å². The van der Waals surface area contributed by atoms with Gasteiger partial charge in [0.15, 0.2) is 0 Å². The molecular weight excluding hydrogens is 331 g/mol. The number of amides is 2. The topological polar surface area (TPSA) is 40.6 Å². The molecule has 5 heteroatoms. The lowest BCUT2D eigenvalue weighted by Gasteiger charge is -2.35. The van der Waals surface area contributed by atoms with Crippen LogP contribution in [0.2, 0.25) is 0 Å². The van der Waals surface area contributed by atoms with E-state index in [0.717, 1.165) is 17.7 Å².